The zero-order chi connectivity index (χ0) is 13.4. The molecule has 0 aliphatic heterocycles. The maximum absolute atomic E-state index is 14.2. The first kappa shape index (κ1) is 13.3. The van der Waals surface area contributed by atoms with E-state index in [2.05, 4.69) is 50.3 Å². The van der Waals surface area contributed by atoms with Gasteiger partial charge >= 0.3 is 0 Å². The quantitative estimate of drug-likeness (QED) is 0.499. The van der Waals surface area contributed by atoms with E-state index in [0.29, 0.717) is 12.1 Å². The Labute approximate surface area is 137 Å². The minimum Gasteiger partial charge on any atom is -0.256 e. The van der Waals surface area contributed by atoms with Gasteiger partial charge in [-0.25, -0.2) is 4.39 Å². The highest BCUT2D eigenvalue weighted by Crippen LogP contribution is 2.26. The summed E-state index contributed by atoms with van der Waals surface area (Å²) in [5.74, 6) is -0.215. The number of hydrogen-bond acceptors (Lipinski definition) is 1. The zero-order valence-corrected chi connectivity index (χ0v) is 14.1. The smallest absolute Gasteiger partial charge is 0.150 e. The first-order valence-corrected chi connectivity index (χ1v) is 7.86. The van der Waals surface area contributed by atoms with Gasteiger partial charge in [-0.05, 0) is 62.9 Å². The summed E-state index contributed by atoms with van der Waals surface area (Å²) < 4.78 is 17.6. The molecule has 19 heavy (non-hydrogen) atoms. The highest BCUT2D eigenvalue weighted by Gasteiger charge is 2.14. The van der Waals surface area contributed by atoms with Crippen LogP contribution in [0.5, 0.6) is 0 Å². The lowest BCUT2D eigenvalue weighted by atomic mass is 10.2. The average Bonchev–Trinajstić information content (AvgIpc) is 2.67. The van der Waals surface area contributed by atoms with Gasteiger partial charge < -0.3 is 0 Å². The molecule has 0 atom stereocenters. The highest BCUT2D eigenvalue weighted by molar-refractivity contribution is 14.1. The molecule has 0 spiro atoms. The van der Waals surface area contributed by atoms with E-state index >= 15 is 0 Å². The molecule has 0 bridgehead atoms. The molecule has 3 rings (SSSR count). The van der Waals surface area contributed by atoms with Gasteiger partial charge in [0, 0.05) is 8.96 Å². The Morgan fingerprint density at radius 2 is 1.84 bits per heavy atom. The second kappa shape index (κ2) is 5.35. The molecule has 1 aromatic heterocycles. The molecule has 96 valence electrons. The van der Waals surface area contributed by atoms with Crippen molar-refractivity contribution < 1.29 is 4.39 Å². The Kier molecular flexibility index (Phi) is 3.75. The lowest BCUT2D eigenvalue weighted by Gasteiger charge is -2.04. The van der Waals surface area contributed by atoms with Crippen molar-refractivity contribution in [3.63, 3.8) is 0 Å². The van der Waals surface area contributed by atoms with Crippen LogP contribution in [0.4, 0.5) is 4.39 Å². The summed E-state index contributed by atoms with van der Waals surface area (Å²) in [7, 11) is 0. The van der Waals surface area contributed by atoms with Crippen LogP contribution in [0.15, 0.2) is 42.5 Å². The molecule has 0 aliphatic carbocycles. The van der Waals surface area contributed by atoms with Crippen LogP contribution in [0.2, 0.25) is 0 Å². The zero-order valence-electron chi connectivity index (χ0n) is 9.78. The van der Waals surface area contributed by atoms with Gasteiger partial charge in [0.25, 0.3) is 0 Å². The van der Waals surface area contributed by atoms with Gasteiger partial charge in [0.2, 0.25) is 0 Å². The van der Waals surface area contributed by atoms with Crippen LogP contribution in [0, 0.1) is 13.1 Å². The van der Waals surface area contributed by atoms with Gasteiger partial charge in [0.15, 0.2) is 0 Å². The monoisotopic (exact) mass is 478 g/mol. The Morgan fingerprint density at radius 3 is 2.58 bits per heavy atom. The number of halogens is 3. The molecular weight excluding hydrogens is 469 g/mol. The van der Waals surface area contributed by atoms with Crippen LogP contribution in [0.25, 0.3) is 10.9 Å². The second-order valence-corrected chi connectivity index (χ2v) is 6.49. The van der Waals surface area contributed by atoms with Gasteiger partial charge in [-0.15, -0.1) is 0 Å². The Morgan fingerprint density at radius 1 is 1.11 bits per heavy atom. The minimum absolute atomic E-state index is 0.215. The summed E-state index contributed by atoms with van der Waals surface area (Å²) in [6.07, 6.45) is 0. The maximum Gasteiger partial charge on any atom is 0.150 e. The fraction of sp³-hybridized carbons (Fsp3) is 0.0714. The number of aromatic nitrogens is 2. The van der Waals surface area contributed by atoms with Crippen molar-refractivity contribution in [3.8, 4) is 0 Å². The predicted octanol–water partition coefficient (Wildman–Crippen LogP) is 4.43. The fourth-order valence-corrected chi connectivity index (χ4v) is 3.32. The molecule has 0 radical (unpaired) electrons. The van der Waals surface area contributed by atoms with Gasteiger partial charge in [0.1, 0.15) is 15.0 Å². The molecule has 1 heterocycles. The van der Waals surface area contributed by atoms with E-state index in [9.17, 15) is 4.39 Å². The van der Waals surface area contributed by atoms with E-state index in [0.717, 1.165) is 18.2 Å². The number of benzene rings is 2. The van der Waals surface area contributed by atoms with Crippen LogP contribution >= 0.6 is 45.2 Å². The van der Waals surface area contributed by atoms with Crippen molar-refractivity contribution in [3.05, 3.63) is 61.1 Å². The maximum atomic E-state index is 14.2. The summed E-state index contributed by atoms with van der Waals surface area (Å²) in [5, 5.41) is 5.32. The fourth-order valence-electron chi connectivity index (χ4n) is 2.07. The normalized spacial score (nSPS) is 11.1. The Bertz CT molecular complexity index is 738. The molecule has 0 N–H and O–H groups in total. The highest BCUT2D eigenvalue weighted by atomic mass is 127. The first-order chi connectivity index (χ1) is 9.15. The van der Waals surface area contributed by atoms with Crippen LogP contribution in [0.3, 0.4) is 0 Å². The van der Waals surface area contributed by atoms with E-state index in [-0.39, 0.29) is 5.82 Å². The van der Waals surface area contributed by atoms with E-state index in [1.54, 1.807) is 10.7 Å². The molecule has 0 fully saturated rings. The molecule has 5 heteroatoms. The number of rotatable bonds is 2. The average molecular weight is 478 g/mol. The molecule has 2 nitrogen and oxygen atoms in total. The van der Waals surface area contributed by atoms with Crippen molar-refractivity contribution in [1.82, 2.24) is 9.78 Å². The molecule has 0 unspecified atom stereocenters. The lowest BCUT2D eigenvalue weighted by Crippen LogP contribution is -2.02. The summed E-state index contributed by atoms with van der Waals surface area (Å²) in [4.78, 5) is 0. The van der Waals surface area contributed by atoms with Gasteiger partial charge in [0.05, 0.1) is 6.54 Å². The van der Waals surface area contributed by atoms with E-state index in [4.69, 9.17) is 0 Å². The SMILES string of the molecule is Fc1cc(I)cc2c(I)nn(Cc3ccccc3)c12. The van der Waals surface area contributed by atoms with Crippen molar-refractivity contribution in [2.24, 2.45) is 0 Å². The van der Waals surface area contributed by atoms with E-state index in [1.807, 2.05) is 36.4 Å². The lowest BCUT2D eigenvalue weighted by molar-refractivity contribution is 0.614. The summed E-state index contributed by atoms with van der Waals surface area (Å²) >= 11 is 4.28. The number of fused-ring (bicyclic) bond motifs is 1. The minimum atomic E-state index is -0.215. The third-order valence-electron chi connectivity index (χ3n) is 2.89. The molecule has 3 aromatic rings. The number of hydrogen-bond donors (Lipinski definition) is 0. The van der Waals surface area contributed by atoms with Crippen molar-refractivity contribution in [1.29, 1.82) is 0 Å². The van der Waals surface area contributed by atoms with Crippen LogP contribution in [-0.4, -0.2) is 9.78 Å². The van der Waals surface area contributed by atoms with E-state index < -0.39 is 0 Å². The first-order valence-electron chi connectivity index (χ1n) is 5.70. The third-order valence-corrected chi connectivity index (χ3v) is 4.31. The van der Waals surface area contributed by atoms with Crippen LogP contribution < -0.4 is 0 Å². The van der Waals surface area contributed by atoms with E-state index in [1.165, 1.54) is 0 Å². The number of nitrogens with zero attached hydrogens (tertiary/aromatic N) is 2. The van der Waals surface area contributed by atoms with Gasteiger partial charge in [-0.3, -0.25) is 4.68 Å². The molecule has 0 saturated carbocycles. The van der Waals surface area contributed by atoms with Crippen LogP contribution in [-0.2, 0) is 6.54 Å². The molecular formula is C14H9FI2N2. The summed E-state index contributed by atoms with van der Waals surface area (Å²) in [5.41, 5.74) is 1.69. The van der Waals surface area contributed by atoms with Gasteiger partial charge in [-0.2, -0.15) is 5.10 Å². The molecule has 2 aromatic carbocycles. The van der Waals surface area contributed by atoms with Crippen molar-refractivity contribution in [2.45, 2.75) is 6.54 Å². The van der Waals surface area contributed by atoms with Crippen LogP contribution in [0.1, 0.15) is 5.56 Å². The summed E-state index contributed by atoms with van der Waals surface area (Å²) in [6.45, 7) is 0.581. The van der Waals surface area contributed by atoms with Gasteiger partial charge in [-0.1, -0.05) is 30.3 Å². The third kappa shape index (κ3) is 2.62. The topological polar surface area (TPSA) is 17.8 Å². The van der Waals surface area contributed by atoms with Crippen molar-refractivity contribution in [2.75, 3.05) is 0 Å². The predicted molar refractivity (Wildman–Crippen MR) is 90.7 cm³/mol. The molecule has 0 saturated heterocycles. The summed E-state index contributed by atoms with van der Waals surface area (Å²) in [6, 6.07) is 13.5. The molecule has 0 amide bonds. The van der Waals surface area contributed by atoms with Crippen molar-refractivity contribution >= 4 is 56.1 Å². The largest absolute Gasteiger partial charge is 0.256 e. The Hall–Kier alpha value is -0.700. The Balaban J connectivity index is 2.15. The standard InChI is InChI=1S/C14H9FI2N2/c15-12-7-10(16)6-11-13(12)19(18-14(11)17)8-9-4-2-1-3-5-9/h1-7H,8H2. The molecule has 0 aliphatic rings. The second-order valence-electron chi connectivity index (χ2n) is 4.22.